The van der Waals surface area contributed by atoms with Crippen LogP contribution in [0.4, 0.5) is 0 Å². The van der Waals surface area contributed by atoms with Gasteiger partial charge >= 0.3 is 0 Å². The fourth-order valence-corrected chi connectivity index (χ4v) is 2.84. The Kier molecular flexibility index (Phi) is 2.37. The average molecular weight is 281 g/mol. The number of fused-ring (bicyclic) bond motifs is 3. The smallest absolute Gasteiger partial charge is 0.295 e. The number of rotatable bonds is 1. The molecule has 2 aromatic carbocycles. The molecule has 0 saturated carbocycles. The molecular weight excluding hydrogens is 274 g/mol. The maximum absolute atomic E-state index is 11.4. The van der Waals surface area contributed by atoms with Crippen molar-refractivity contribution in [3.8, 4) is 0 Å². The van der Waals surface area contributed by atoms with Gasteiger partial charge in [0.15, 0.2) is 5.58 Å². The summed E-state index contributed by atoms with van der Waals surface area (Å²) in [5.74, 6) is 0. The summed E-state index contributed by atoms with van der Waals surface area (Å²) >= 11 is 3.99. The first kappa shape index (κ1) is 11.5. The van der Waals surface area contributed by atoms with E-state index in [1.807, 2.05) is 0 Å². The van der Waals surface area contributed by atoms with Gasteiger partial charge in [0.05, 0.1) is 0 Å². The monoisotopic (exact) mass is 281 g/mol. The topological polar surface area (TPSA) is 80.4 Å². The van der Waals surface area contributed by atoms with Gasteiger partial charge in [-0.15, -0.1) is 0 Å². The summed E-state index contributed by atoms with van der Waals surface area (Å²) in [6, 6.07) is 8.00. The Balaban J connectivity index is 2.62. The highest BCUT2D eigenvalue weighted by molar-refractivity contribution is 7.86. The Labute approximate surface area is 108 Å². The van der Waals surface area contributed by atoms with Crippen LogP contribution in [-0.4, -0.2) is 18.0 Å². The van der Waals surface area contributed by atoms with Crippen molar-refractivity contribution in [2.24, 2.45) is 0 Å². The van der Waals surface area contributed by atoms with Gasteiger partial charge in [-0.1, -0.05) is 36.9 Å². The second-order valence-corrected chi connectivity index (χ2v) is 5.51. The minimum absolute atomic E-state index is 0.141. The number of benzene rings is 2. The second-order valence-electron chi connectivity index (χ2n) is 3.74. The van der Waals surface area contributed by atoms with Gasteiger partial charge < -0.3 is 4.42 Å². The van der Waals surface area contributed by atoms with Crippen LogP contribution in [-0.2, 0) is 10.1 Å². The highest BCUT2D eigenvalue weighted by Gasteiger charge is 2.18. The Morgan fingerprint density at radius 3 is 2.56 bits per heavy atom. The summed E-state index contributed by atoms with van der Waals surface area (Å²) in [5.41, 5.74) is 0.786. The molecule has 0 aliphatic rings. The van der Waals surface area contributed by atoms with Crippen LogP contribution in [0.3, 0.4) is 0 Å². The molecule has 3 aromatic rings. The molecule has 0 bridgehead atoms. The van der Waals surface area contributed by atoms with E-state index < -0.39 is 10.1 Å². The SMILES string of the molecule is O=S(=O)(O)c1cc2nc(S)oc2c2ccccc12. The maximum Gasteiger partial charge on any atom is 0.295 e. The van der Waals surface area contributed by atoms with Gasteiger partial charge in [-0.3, -0.25) is 4.55 Å². The Morgan fingerprint density at radius 1 is 1.22 bits per heavy atom. The first-order valence-electron chi connectivity index (χ1n) is 4.95. The van der Waals surface area contributed by atoms with Crippen molar-refractivity contribution in [1.29, 1.82) is 0 Å². The van der Waals surface area contributed by atoms with Crippen LogP contribution in [0.1, 0.15) is 0 Å². The molecule has 92 valence electrons. The van der Waals surface area contributed by atoms with Crippen LogP contribution in [0.15, 0.2) is 44.9 Å². The zero-order valence-corrected chi connectivity index (χ0v) is 10.6. The number of thiol groups is 1. The van der Waals surface area contributed by atoms with Crippen LogP contribution >= 0.6 is 12.6 Å². The van der Waals surface area contributed by atoms with Crippen LogP contribution in [0.2, 0.25) is 0 Å². The summed E-state index contributed by atoms with van der Waals surface area (Å²) in [6.07, 6.45) is 0. The van der Waals surface area contributed by atoms with E-state index in [4.69, 9.17) is 4.42 Å². The predicted octanol–water partition coefficient (Wildman–Crippen LogP) is 2.52. The molecule has 0 aliphatic carbocycles. The molecule has 1 aromatic heterocycles. The van der Waals surface area contributed by atoms with E-state index in [0.717, 1.165) is 0 Å². The third kappa shape index (κ3) is 1.67. The van der Waals surface area contributed by atoms with Gasteiger partial charge in [-0.25, -0.2) is 4.98 Å². The molecule has 0 unspecified atom stereocenters. The summed E-state index contributed by atoms with van der Waals surface area (Å²) in [5, 5.41) is 1.09. The molecule has 1 heterocycles. The van der Waals surface area contributed by atoms with Gasteiger partial charge in [0.1, 0.15) is 10.4 Å². The predicted molar refractivity (Wildman–Crippen MR) is 68.6 cm³/mol. The van der Waals surface area contributed by atoms with Crippen LogP contribution < -0.4 is 0 Å². The van der Waals surface area contributed by atoms with Crippen molar-refractivity contribution < 1.29 is 17.4 Å². The van der Waals surface area contributed by atoms with Gasteiger partial charge in [-0.05, 0) is 6.07 Å². The van der Waals surface area contributed by atoms with Gasteiger partial charge in [0.25, 0.3) is 15.3 Å². The van der Waals surface area contributed by atoms with E-state index >= 15 is 0 Å². The molecule has 3 rings (SSSR count). The van der Waals surface area contributed by atoms with Crippen molar-refractivity contribution in [1.82, 2.24) is 4.98 Å². The molecule has 18 heavy (non-hydrogen) atoms. The first-order valence-corrected chi connectivity index (χ1v) is 6.84. The summed E-state index contributed by atoms with van der Waals surface area (Å²) < 4.78 is 37.3. The highest BCUT2D eigenvalue weighted by Crippen LogP contribution is 2.32. The van der Waals surface area contributed by atoms with Gasteiger partial charge in [0.2, 0.25) is 0 Å². The van der Waals surface area contributed by atoms with Gasteiger partial charge in [-0.2, -0.15) is 8.42 Å². The number of oxazole rings is 1. The van der Waals surface area contributed by atoms with E-state index in [2.05, 4.69) is 17.6 Å². The summed E-state index contributed by atoms with van der Waals surface area (Å²) in [4.78, 5) is 3.77. The molecule has 0 atom stereocenters. The first-order chi connectivity index (χ1) is 8.47. The van der Waals surface area contributed by atoms with E-state index in [0.29, 0.717) is 21.9 Å². The number of hydrogen-bond acceptors (Lipinski definition) is 5. The van der Waals surface area contributed by atoms with E-state index in [-0.39, 0.29) is 10.1 Å². The summed E-state index contributed by atoms with van der Waals surface area (Å²) in [6.45, 7) is 0. The fraction of sp³-hybridized carbons (Fsp3) is 0. The van der Waals surface area contributed by atoms with Crippen molar-refractivity contribution >= 4 is 44.6 Å². The quantitative estimate of drug-likeness (QED) is 0.529. The Morgan fingerprint density at radius 2 is 1.89 bits per heavy atom. The third-order valence-electron chi connectivity index (χ3n) is 2.62. The fourth-order valence-electron chi connectivity index (χ4n) is 1.92. The Hall–Kier alpha value is -1.57. The van der Waals surface area contributed by atoms with E-state index in [9.17, 15) is 13.0 Å². The lowest BCUT2D eigenvalue weighted by molar-refractivity contribution is 0.484. The molecule has 0 radical (unpaired) electrons. The lowest BCUT2D eigenvalue weighted by Crippen LogP contribution is -1.99. The number of hydrogen-bond donors (Lipinski definition) is 2. The van der Waals surface area contributed by atoms with Crippen LogP contribution in [0.25, 0.3) is 21.9 Å². The minimum Gasteiger partial charge on any atom is -0.431 e. The van der Waals surface area contributed by atoms with Crippen molar-refractivity contribution in [2.75, 3.05) is 0 Å². The van der Waals surface area contributed by atoms with Crippen molar-refractivity contribution in [3.05, 3.63) is 30.3 Å². The average Bonchev–Trinajstić information content (AvgIpc) is 2.67. The third-order valence-corrected chi connectivity index (χ3v) is 3.71. The van der Waals surface area contributed by atoms with E-state index in [1.165, 1.54) is 6.07 Å². The van der Waals surface area contributed by atoms with Crippen LogP contribution in [0.5, 0.6) is 0 Å². The number of aromatic nitrogens is 1. The van der Waals surface area contributed by atoms with Crippen molar-refractivity contribution in [2.45, 2.75) is 10.1 Å². The lowest BCUT2D eigenvalue weighted by atomic mass is 10.1. The molecule has 0 saturated heterocycles. The maximum atomic E-state index is 11.4. The lowest BCUT2D eigenvalue weighted by Gasteiger charge is -2.03. The zero-order valence-electron chi connectivity index (χ0n) is 8.86. The number of nitrogens with zero attached hydrogens (tertiary/aromatic N) is 1. The second kappa shape index (κ2) is 3.71. The van der Waals surface area contributed by atoms with Crippen LogP contribution in [0, 0.1) is 0 Å². The molecule has 0 fully saturated rings. The van der Waals surface area contributed by atoms with Crippen molar-refractivity contribution in [3.63, 3.8) is 0 Å². The molecule has 5 nitrogen and oxygen atoms in total. The minimum atomic E-state index is -4.32. The largest absolute Gasteiger partial charge is 0.431 e. The zero-order chi connectivity index (χ0) is 12.9. The highest BCUT2D eigenvalue weighted by atomic mass is 32.2. The molecular formula is C11H7NO4S2. The summed E-state index contributed by atoms with van der Waals surface area (Å²) in [7, 11) is -4.32. The van der Waals surface area contributed by atoms with E-state index in [1.54, 1.807) is 24.3 Å². The molecule has 0 amide bonds. The molecule has 1 N–H and O–H groups in total. The molecule has 0 aliphatic heterocycles. The normalized spacial score (nSPS) is 12.3. The van der Waals surface area contributed by atoms with Gasteiger partial charge in [0, 0.05) is 10.8 Å². The standard InChI is InChI=1S/C11H7NO4S2/c13-18(14,15)9-5-8-10(16-11(17)12-8)7-4-2-1-3-6(7)9/h1-5H,(H,12,17)(H,13,14,15). The molecule has 7 heteroatoms. The molecule has 0 spiro atoms. The Bertz CT molecular complexity index is 867.